The fraction of sp³-hybridized carbons (Fsp3) is 0.250. The Morgan fingerprint density at radius 1 is 1.11 bits per heavy atom. The Morgan fingerprint density at radius 2 is 1.79 bits per heavy atom. The fourth-order valence-corrected chi connectivity index (χ4v) is 2.68. The van der Waals surface area contributed by atoms with Crippen LogP contribution in [0.4, 0.5) is 0 Å². The smallest absolute Gasteiger partial charge is 0.227 e. The number of rotatable bonds is 8. The predicted octanol–water partition coefficient (Wildman–Crippen LogP) is 3.66. The zero-order valence-electron chi connectivity index (χ0n) is 15.6. The third kappa shape index (κ3) is 5.23. The first-order valence-corrected chi connectivity index (χ1v) is 9.02. The lowest BCUT2D eigenvalue weighted by Crippen LogP contribution is -2.23. The molecule has 7 nitrogen and oxygen atoms in total. The number of amides is 1. The van der Waals surface area contributed by atoms with Gasteiger partial charge < -0.3 is 19.3 Å². The van der Waals surface area contributed by atoms with E-state index >= 15 is 0 Å². The van der Waals surface area contributed by atoms with E-state index < -0.39 is 0 Å². The van der Waals surface area contributed by atoms with Crippen molar-refractivity contribution in [3.63, 3.8) is 0 Å². The molecule has 28 heavy (non-hydrogen) atoms. The number of aryl methyl sites for hydroxylation is 1. The van der Waals surface area contributed by atoms with Gasteiger partial charge in [0.1, 0.15) is 11.5 Å². The summed E-state index contributed by atoms with van der Waals surface area (Å²) in [6.07, 6.45) is 0.594. The first-order valence-electron chi connectivity index (χ1n) is 8.64. The number of benzene rings is 2. The third-order valence-corrected chi connectivity index (χ3v) is 4.29. The van der Waals surface area contributed by atoms with Gasteiger partial charge in [-0.25, -0.2) is 0 Å². The number of hydrogen-bond acceptors (Lipinski definition) is 6. The molecule has 0 atom stereocenters. The maximum atomic E-state index is 12.1. The standard InChI is InChI=1S/C20H20ClN3O4/c1-26-16-9-13(10-17(11-16)27-2)12-22-18(25)7-8-19-23-20(24-28-19)14-3-5-15(21)6-4-14/h3-6,9-11H,7-8,12H2,1-2H3,(H,22,25). The highest BCUT2D eigenvalue weighted by atomic mass is 35.5. The summed E-state index contributed by atoms with van der Waals surface area (Å²) in [6.45, 7) is 0.367. The highest BCUT2D eigenvalue weighted by Gasteiger charge is 2.11. The van der Waals surface area contributed by atoms with Gasteiger partial charge in [-0.2, -0.15) is 4.98 Å². The lowest BCUT2D eigenvalue weighted by atomic mass is 10.2. The summed E-state index contributed by atoms with van der Waals surface area (Å²) < 4.78 is 15.7. The Labute approximate surface area is 167 Å². The predicted molar refractivity (Wildman–Crippen MR) is 104 cm³/mol. The molecule has 8 heteroatoms. The van der Waals surface area contributed by atoms with E-state index in [4.69, 9.17) is 25.6 Å². The van der Waals surface area contributed by atoms with Gasteiger partial charge in [0.2, 0.25) is 17.6 Å². The minimum absolute atomic E-state index is 0.118. The maximum Gasteiger partial charge on any atom is 0.227 e. The summed E-state index contributed by atoms with van der Waals surface area (Å²) >= 11 is 5.87. The molecule has 0 fully saturated rings. The SMILES string of the molecule is COc1cc(CNC(=O)CCc2nc(-c3ccc(Cl)cc3)no2)cc(OC)c1. The van der Waals surface area contributed by atoms with Crippen LogP contribution >= 0.6 is 11.6 Å². The van der Waals surface area contributed by atoms with Crippen LogP contribution in [-0.2, 0) is 17.8 Å². The number of hydrogen-bond donors (Lipinski definition) is 1. The summed E-state index contributed by atoms with van der Waals surface area (Å²) in [7, 11) is 3.17. The van der Waals surface area contributed by atoms with Crippen LogP contribution in [0.25, 0.3) is 11.4 Å². The lowest BCUT2D eigenvalue weighted by Gasteiger charge is -2.09. The van der Waals surface area contributed by atoms with Crippen molar-refractivity contribution < 1.29 is 18.8 Å². The van der Waals surface area contributed by atoms with E-state index in [0.29, 0.717) is 41.2 Å². The number of nitrogens with one attached hydrogen (secondary N) is 1. The van der Waals surface area contributed by atoms with Crippen molar-refractivity contribution in [3.8, 4) is 22.9 Å². The molecule has 0 radical (unpaired) electrons. The Balaban J connectivity index is 1.52. The minimum Gasteiger partial charge on any atom is -0.497 e. The number of methoxy groups -OCH3 is 2. The molecule has 1 aromatic heterocycles. The first kappa shape index (κ1) is 19.7. The molecule has 146 valence electrons. The van der Waals surface area contributed by atoms with Crippen LogP contribution in [0, 0.1) is 0 Å². The van der Waals surface area contributed by atoms with Crippen molar-refractivity contribution >= 4 is 17.5 Å². The summed E-state index contributed by atoms with van der Waals surface area (Å²) in [5, 5.41) is 7.44. The Hall–Kier alpha value is -3.06. The van der Waals surface area contributed by atoms with Gasteiger partial charge in [0.25, 0.3) is 0 Å². The number of carbonyl (C=O) groups excluding carboxylic acids is 1. The zero-order chi connectivity index (χ0) is 19.9. The monoisotopic (exact) mass is 401 g/mol. The summed E-state index contributed by atoms with van der Waals surface area (Å²) in [4.78, 5) is 16.4. The van der Waals surface area contributed by atoms with Crippen LogP contribution in [0.5, 0.6) is 11.5 Å². The van der Waals surface area contributed by atoms with Crippen molar-refractivity contribution in [2.24, 2.45) is 0 Å². The van der Waals surface area contributed by atoms with Crippen LogP contribution in [0.2, 0.25) is 5.02 Å². The van der Waals surface area contributed by atoms with Gasteiger partial charge in [0.05, 0.1) is 14.2 Å². The van der Waals surface area contributed by atoms with Crippen molar-refractivity contribution in [1.82, 2.24) is 15.5 Å². The molecule has 0 saturated heterocycles. The number of carbonyl (C=O) groups is 1. The average molecular weight is 402 g/mol. The van der Waals surface area contributed by atoms with Crippen molar-refractivity contribution in [1.29, 1.82) is 0 Å². The molecule has 0 spiro atoms. The van der Waals surface area contributed by atoms with E-state index in [1.54, 1.807) is 32.4 Å². The summed E-state index contributed by atoms with van der Waals surface area (Å²) in [5.74, 6) is 2.10. The molecule has 0 aliphatic heterocycles. The Kier molecular flexibility index (Phi) is 6.49. The molecule has 1 N–H and O–H groups in total. The lowest BCUT2D eigenvalue weighted by molar-refractivity contribution is -0.121. The summed E-state index contributed by atoms with van der Waals surface area (Å²) in [6, 6.07) is 12.6. The molecule has 0 aliphatic carbocycles. The Bertz CT molecular complexity index is 919. The molecule has 1 amide bonds. The molecule has 3 rings (SSSR count). The number of aromatic nitrogens is 2. The highest BCUT2D eigenvalue weighted by molar-refractivity contribution is 6.30. The molecule has 1 heterocycles. The number of ether oxygens (including phenoxy) is 2. The van der Waals surface area contributed by atoms with Crippen LogP contribution in [0.1, 0.15) is 17.9 Å². The quantitative estimate of drug-likeness (QED) is 0.620. The number of halogens is 1. The Morgan fingerprint density at radius 3 is 2.43 bits per heavy atom. The average Bonchev–Trinajstić information content (AvgIpc) is 3.20. The highest BCUT2D eigenvalue weighted by Crippen LogP contribution is 2.22. The normalized spacial score (nSPS) is 10.5. The van der Waals surface area contributed by atoms with E-state index in [1.165, 1.54) is 0 Å². The molecule has 2 aromatic carbocycles. The zero-order valence-corrected chi connectivity index (χ0v) is 16.3. The van der Waals surface area contributed by atoms with E-state index in [0.717, 1.165) is 11.1 Å². The number of nitrogens with zero attached hydrogens (tertiary/aromatic N) is 2. The third-order valence-electron chi connectivity index (χ3n) is 4.04. The summed E-state index contributed by atoms with van der Waals surface area (Å²) in [5.41, 5.74) is 1.68. The van der Waals surface area contributed by atoms with Gasteiger partial charge in [0.15, 0.2) is 0 Å². The molecule has 0 saturated carbocycles. The molecule has 0 unspecified atom stereocenters. The molecular formula is C20H20ClN3O4. The van der Waals surface area contributed by atoms with Crippen LogP contribution in [0.15, 0.2) is 47.0 Å². The van der Waals surface area contributed by atoms with Crippen molar-refractivity contribution in [2.75, 3.05) is 14.2 Å². The van der Waals surface area contributed by atoms with E-state index in [2.05, 4.69) is 15.5 Å². The van der Waals surface area contributed by atoms with Crippen LogP contribution in [-0.4, -0.2) is 30.3 Å². The van der Waals surface area contributed by atoms with Crippen LogP contribution in [0.3, 0.4) is 0 Å². The van der Waals surface area contributed by atoms with Crippen LogP contribution < -0.4 is 14.8 Å². The molecule has 0 aliphatic rings. The largest absolute Gasteiger partial charge is 0.497 e. The molecule has 0 bridgehead atoms. The second-order valence-corrected chi connectivity index (χ2v) is 6.45. The van der Waals surface area contributed by atoms with E-state index in [9.17, 15) is 4.79 Å². The second kappa shape index (κ2) is 9.23. The van der Waals surface area contributed by atoms with E-state index in [1.807, 2.05) is 24.3 Å². The van der Waals surface area contributed by atoms with Crippen molar-refractivity contribution in [3.05, 3.63) is 58.9 Å². The second-order valence-electron chi connectivity index (χ2n) is 6.02. The molecular weight excluding hydrogens is 382 g/mol. The maximum absolute atomic E-state index is 12.1. The topological polar surface area (TPSA) is 86.5 Å². The van der Waals surface area contributed by atoms with Gasteiger partial charge in [-0.15, -0.1) is 0 Å². The van der Waals surface area contributed by atoms with E-state index in [-0.39, 0.29) is 12.3 Å². The first-order chi connectivity index (χ1) is 13.6. The van der Waals surface area contributed by atoms with Gasteiger partial charge in [-0.05, 0) is 42.0 Å². The van der Waals surface area contributed by atoms with Gasteiger partial charge in [-0.3, -0.25) is 4.79 Å². The van der Waals surface area contributed by atoms with Gasteiger partial charge >= 0.3 is 0 Å². The van der Waals surface area contributed by atoms with Crippen molar-refractivity contribution in [2.45, 2.75) is 19.4 Å². The van der Waals surface area contributed by atoms with Gasteiger partial charge in [-0.1, -0.05) is 16.8 Å². The fourth-order valence-electron chi connectivity index (χ4n) is 2.55. The minimum atomic E-state index is -0.118. The van der Waals surface area contributed by atoms with Gasteiger partial charge in [0, 0.05) is 36.0 Å². The molecule has 3 aromatic rings.